The van der Waals surface area contributed by atoms with Crippen LogP contribution in [0.2, 0.25) is 0 Å². The Bertz CT molecular complexity index is 460. The Morgan fingerprint density at radius 2 is 2.50 bits per heavy atom. The summed E-state index contributed by atoms with van der Waals surface area (Å²) in [7, 11) is 0. The Balaban J connectivity index is 2.11. The maximum Gasteiger partial charge on any atom is 0.275 e. The lowest BCUT2D eigenvalue weighted by atomic mass is 10.1. The average molecular weight is 268 g/mol. The molecule has 2 rings (SSSR count). The molecule has 98 valence electrons. The van der Waals surface area contributed by atoms with Crippen molar-refractivity contribution in [3.63, 3.8) is 0 Å². The molecular formula is C11H16N4O2S. The quantitative estimate of drug-likeness (QED) is 0.398. The molecule has 0 saturated carbocycles. The van der Waals surface area contributed by atoms with E-state index >= 15 is 0 Å². The summed E-state index contributed by atoms with van der Waals surface area (Å²) in [6.45, 7) is 3.88. The van der Waals surface area contributed by atoms with Crippen molar-refractivity contribution in [3.05, 3.63) is 21.9 Å². The topological polar surface area (TPSA) is 87.5 Å². The van der Waals surface area contributed by atoms with Crippen molar-refractivity contribution < 1.29 is 9.59 Å². The number of nitrogen functional groups attached to an aromatic ring is 1. The van der Waals surface area contributed by atoms with E-state index in [-0.39, 0.29) is 17.9 Å². The number of carbonyl (C=O) groups excluding carboxylic acids is 2. The molecule has 18 heavy (non-hydrogen) atoms. The summed E-state index contributed by atoms with van der Waals surface area (Å²) in [5.74, 6) is 4.89. The van der Waals surface area contributed by atoms with Crippen molar-refractivity contribution in [1.82, 2.24) is 15.6 Å². The van der Waals surface area contributed by atoms with E-state index in [0.717, 1.165) is 12.1 Å². The highest BCUT2D eigenvalue weighted by Gasteiger charge is 2.26. The summed E-state index contributed by atoms with van der Waals surface area (Å²) >= 11 is 1.35. The number of nitrogens with two attached hydrogens (primary N) is 1. The fraction of sp³-hybridized carbons (Fsp3) is 0.455. The van der Waals surface area contributed by atoms with Gasteiger partial charge in [-0.15, -0.1) is 11.3 Å². The number of rotatable bonds is 3. The van der Waals surface area contributed by atoms with Crippen molar-refractivity contribution in [2.24, 2.45) is 5.84 Å². The highest BCUT2D eigenvalue weighted by Crippen LogP contribution is 2.20. The van der Waals surface area contributed by atoms with Crippen molar-refractivity contribution in [2.75, 3.05) is 13.1 Å². The number of hydrazine groups is 1. The van der Waals surface area contributed by atoms with Crippen LogP contribution in [-0.2, 0) is 11.3 Å². The van der Waals surface area contributed by atoms with E-state index in [0.29, 0.717) is 18.0 Å². The van der Waals surface area contributed by atoms with Gasteiger partial charge in [0.05, 0.1) is 10.9 Å². The zero-order valence-electron chi connectivity index (χ0n) is 10.1. The molecule has 1 aromatic rings. The third-order valence-electron chi connectivity index (χ3n) is 3.08. The number of hydrogen-bond acceptors (Lipinski definition) is 5. The largest absolute Gasteiger partial charge is 0.353 e. The Hall–Kier alpha value is -1.44. The lowest BCUT2D eigenvalue weighted by Crippen LogP contribution is -2.53. The molecule has 0 aliphatic carbocycles. The first-order valence-electron chi connectivity index (χ1n) is 5.72. The lowest BCUT2D eigenvalue weighted by molar-refractivity contribution is -0.128. The second kappa shape index (κ2) is 5.47. The number of piperazine rings is 1. The molecule has 1 fully saturated rings. The lowest BCUT2D eigenvalue weighted by Gasteiger charge is -2.32. The molecule has 2 amide bonds. The van der Waals surface area contributed by atoms with Crippen LogP contribution in [0.1, 0.15) is 22.2 Å². The molecular weight excluding hydrogens is 252 g/mol. The molecule has 1 unspecified atom stereocenters. The van der Waals surface area contributed by atoms with Gasteiger partial charge >= 0.3 is 0 Å². The van der Waals surface area contributed by atoms with Gasteiger partial charge in [-0.05, 0) is 23.9 Å². The number of amides is 2. The van der Waals surface area contributed by atoms with Crippen LogP contribution in [0.4, 0.5) is 0 Å². The number of nitrogens with one attached hydrogen (secondary N) is 2. The Morgan fingerprint density at radius 3 is 3.22 bits per heavy atom. The number of thiophene rings is 1. The standard InChI is InChI=1S/C11H16N4O2S/c1-7-10(16)13-3-4-15(7)6-8-2-5-18-9(8)11(17)14-12/h2,5,7H,3-4,6,12H2,1H3,(H,13,16)(H,14,17). The molecule has 1 aliphatic rings. The van der Waals surface area contributed by atoms with Gasteiger partial charge in [-0.2, -0.15) is 0 Å². The van der Waals surface area contributed by atoms with Crippen LogP contribution in [0.15, 0.2) is 11.4 Å². The molecule has 0 radical (unpaired) electrons. The fourth-order valence-electron chi connectivity index (χ4n) is 1.99. The van der Waals surface area contributed by atoms with Crippen molar-refractivity contribution in [1.29, 1.82) is 0 Å². The molecule has 4 N–H and O–H groups in total. The molecule has 0 bridgehead atoms. The predicted molar refractivity (Wildman–Crippen MR) is 68.9 cm³/mol. The van der Waals surface area contributed by atoms with Crippen LogP contribution in [0.3, 0.4) is 0 Å². The van der Waals surface area contributed by atoms with Gasteiger partial charge in [-0.3, -0.25) is 19.9 Å². The van der Waals surface area contributed by atoms with E-state index in [1.807, 2.05) is 23.3 Å². The molecule has 0 spiro atoms. The molecule has 1 aliphatic heterocycles. The molecule has 7 heteroatoms. The third-order valence-corrected chi connectivity index (χ3v) is 4.04. The summed E-state index contributed by atoms with van der Waals surface area (Å²) < 4.78 is 0. The van der Waals surface area contributed by atoms with E-state index in [1.54, 1.807) is 0 Å². The van der Waals surface area contributed by atoms with Crippen molar-refractivity contribution in [2.45, 2.75) is 19.5 Å². The second-order valence-electron chi connectivity index (χ2n) is 4.19. The zero-order valence-corrected chi connectivity index (χ0v) is 10.9. The van der Waals surface area contributed by atoms with Gasteiger partial charge in [0.25, 0.3) is 5.91 Å². The summed E-state index contributed by atoms with van der Waals surface area (Å²) in [5.41, 5.74) is 3.05. The summed E-state index contributed by atoms with van der Waals surface area (Å²) in [4.78, 5) is 25.8. The summed E-state index contributed by atoms with van der Waals surface area (Å²) in [5, 5.41) is 4.67. The van der Waals surface area contributed by atoms with E-state index in [9.17, 15) is 9.59 Å². The van der Waals surface area contributed by atoms with Crippen molar-refractivity contribution >= 4 is 23.2 Å². The number of nitrogens with zero attached hydrogens (tertiary/aromatic N) is 1. The van der Waals surface area contributed by atoms with Gasteiger partial charge in [0.15, 0.2) is 0 Å². The Labute approximate surface area is 109 Å². The predicted octanol–water partition coefficient (Wildman–Crippen LogP) is -0.328. The van der Waals surface area contributed by atoms with Gasteiger partial charge < -0.3 is 5.32 Å². The Kier molecular flexibility index (Phi) is 3.95. The van der Waals surface area contributed by atoms with E-state index in [2.05, 4.69) is 10.7 Å². The SMILES string of the molecule is CC1C(=O)NCCN1Cc1ccsc1C(=O)NN. The van der Waals surface area contributed by atoms with Crippen molar-refractivity contribution in [3.8, 4) is 0 Å². The van der Waals surface area contributed by atoms with E-state index in [1.165, 1.54) is 11.3 Å². The minimum atomic E-state index is -0.283. The minimum absolute atomic E-state index is 0.0290. The second-order valence-corrected chi connectivity index (χ2v) is 5.10. The maximum absolute atomic E-state index is 11.6. The van der Waals surface area contributed by atoms with Gasteiger partial charge in [-0.25, -0.2) is 5.84 Å². The molecule has 1 atom stereocenters. The highest BCUT2D eigenvalue weighted by atomic mass is 32.1. The number of hydrogen-bond donors (Lipinski definition) is 3. The third kappa shape index (κ3) is 2.53. The first-order chi connectivity index (χ1) is 8.63. The van der Waals surface area contributed by atoms with Gasteiger partial charge in [0, 0.05) is 19.6 Å². The van der Waals surface area contributed by atoms with Gasteiger partial charge in [0.2, 0.25) is 5.91 Å². The van der Waals surface area contributed by atoms with Crippen LogP contribution in [-0.4, -0.2) is 35.8 Å². The Morgan fingerprint density at radius 1 is 1.72 bits per heavy atom. The van der Waals surface area contributed by atoms with Crippen LogP contribution in [0.25, 0.3) is 0 Å². The molecule has 0 aromatic carbocycles. The normalized spacial score (nSPS) is 20.6. The first-order valence-corrected chi connectivity index (χ1v) is 6.60. The van der Waals surface area contributed by atoms with Gasteiger partial charge in [0.1, 0.15) is 0 Å². The van der Waals surface area contributed by atoms with E-state index in [4.69, 9.17) is 5.84 Å². The van der Waals surface area contributed by atoms with E-state index < -0.39 is 0 Å². The molecule has 1 aromatic heterocycles. The zero-order chi connectivity index (χ0) is 13.1. The average Bonchev–Trinajstić information content (AvgIpc) is 2.82. The van der Waals surface area contributed by atoms with Gasteiger partial charge in [-0.1, -0.05) is 0 Å². The smallest absolute Gasteiger partial charge is 0.275 e. The number of carbonyl (C=O) groups is 2. The monoisotopic (exact) mass is 268 g/mol. The molecule has 1 saturated heterocycles. The maximum atomic E-state index is 11.6. The highest BCUT2D eigenvalue weighted by molar-refractivity contribution is 7.12. The summed E-state index contributed by atoms with van der Waals surface area (Å²) in [6.07, 6.45) is 0. The van der Waals surface area contributed by atoms with Crippen LogP contribution in [0, 0.1) is 0 Å². The van der Waals surface area contributed by atoms with Crippen LogP contribution < -0.4 is 16.6 Å². The summed E-state index contributed by atoms with van der Waals surface area (Å²) in [6, 6.07) is 1.72. The van der Waals surface area contributed by atoms with Crippen LogP contribution in [0.5, 0.6) is 0 Å². The molecule has 2 heterocycles. The molecule has 6 nitrogen and oxygen atoms in total. The fourth-order valence-corrected chi connectivity index (χ4v) is 2.81. The van der Waals surface area contributed by atoms with Crippen LogP contribution >= 0.6 is 11.3 Å². The minimum Gasteiger partial charge on any atom is -0.353 e. The first kappa shape index (κ1) is 13.0.